The molecule has 1 aromatic heterocycles. The van der Waals surface area contributed by atoms with E-state index in [1.54, 1.807) is 0 Å². The minimum Gasteiger partial charge on any atom is -0.243 e. The minimum absolute atomic E-state index is 1.17. The molecule has 0 unspecified atom stereocenters. The van der Waals surface area contributed by atoms with Crippen LogP contribution in [0.4, 0.5) is 0 Å². The molecular weight excluding hydrogens is 174 g/mol. The number of benzene rings is 1. The number of nitrogens with zero attached hydrogens (tertiary/aromatic N) is 2. The van der Waals surface area contributed by atoms with E-state index in [1.165, 1.54) is 37.0 Å². The molecule has 1 fully saturated rings. The van der Waals surface area contributed by atoms with Crippen LogP contribution >= 0.6 is 0 Å². The molecule has 14 heavy (non-hydrogen) atoms. The van der Waals surface area contributed by atoms with Gasteiger partial charge in [-0.3, -0.25) is 0 Å². The van der Waals surface area contributed by atoms with Gasteiger partial charge in [-0.2, -0.15) is 0 Å². The quantitative estimate of drug-likeness (QED) is 0.667. The molecule has 3 rings (SSSR count). The zero-order valence-electron chi connectivity index (χ0n) is 8.11. The van der Waals surface area contributed by atoms with Gasteiger partial charge in [0.15, 0.2) is 11.0 Å². The summed E-state index contributed by atoms with van der Waals surface area (Å²) in [5.74, 6) is 0. The Kier molecular flexibility index (Phi) is 1.69. The maximum atomic E-state index is 3.29. The van der Waals surface area contributed by atoms with Crippen molar-refractivity contribution < 1.29 is 4.68 Å². The van der Waals surface area contributed by atoms with Gasteiger partial charge in [0, 0.05) is 0 Å². The van der Waals surface area contributed by atoms with Gasteiger partial charge in [-0.25, -0.2) is 9.99 Å². The second-order valence-electron chi connectivity index (χ2n) is 3.80. The van der Waals surface area contributed by atoms with Crippen molar-refractivity contribution in [3.05, 3.63) is 30.6 Å². The minimum atomic E-state index is 1.17. The molecule has 2 aromatic rings. The van der Waals surface area contributed by atoms with E-state index in [4.69, 9.17) is 0 Å². The van der Waals surface area contributed by atoms with Crippen LogP contribution < -0.4 is 9.69 Å². The van der Waals surface area contributed by atoms with Gasteiger partial charge in [0.25, 0.3) is 6.33 Å². The number of hydrogen-bond donors (Lipinski definition) is 1. The summed E-state index contributed by atoms with van der Waals surface area (Å²) < 4.78 is 2.24. The van der Waals surface area contributed by atoms with Crippen LogP contribution in [0.3, 0.4) is 0 Å². The van der Waals surface area contributed by atoms with E-state index in [9.17, 15) is 0 Å². The zero-order valence-corrected chi connectivity index (χ0v) is 8.11. The van der Waals surface area contributed by atoms with Crippen LogP contribution in [0.2, 0.25) is 0 Å². The van der Waals surface area contributed by atoms with Crippen LogP contribution in [-0.2, 0) is 0 Å². The summed E-state index contributed by atoms with van der Waals surface area (Å²) in [5, 5.41) is 2.39. The lowest BCUT2D eigenvalue weighted by molar-refractivity contribution is -0.665. The van der Waals surface area contributed by atoms with E-state index < -0.39 is 0 Å². The van der Waals surface area contributed by atoms with Crippen LogP contribution in [0.1, 0.15) is 12.8 Å². The number of para-hydroxylation sites is 2. The normalized spacial score (nSPS) is 16.7. The van der Waals surface area contributed by atoms with Gasteiger partial charge in [0.05, 0.1) is 13.1 Å². The topological polar surface area (TPSA) is 22.9 Å². The highest BCUT2D eigenvalue weighted by Crippen LogP contribution is 2.08. The molecule has 1 aliphatic heterocycles. The highest BCUT2D eigenvalue weighted by Gasteiger charge is 2.19. The lowest BCUT2D eigenvalue weighted by Gasteiger charge is -2.11. The maximum Gasteiger partial charge on any atom is 0.266 e. The van der Waals surface area contributed by atoms with Crippen LogP contribution in [0.5, 0.6) is 0 Å². The summed E-state index contributed by atoms with van der Waals surface area (Å²) in [5.41, 5.74) is 2.48. The number of hydrogen-bond acceptors (Lipinski definition) is 1. The third-order valence-electron chi connectivity index (χ3n) is 2.88. The van der Waals surface area contributed by atoms with Crippen molar-refractivity contribution in [1.82, 2.24) is 4.98 Å². The Hall–Kier alpha value is -1.51. The van der Waals surface area contributed by atoms with Crippen molar-refractivity contribution >= 4 is 11.0 Å². The summed E-state index contributed by atoms with van der Waals surface area (Å²) in [6.45, 7) is 2.35. The van der Waals surface area contributed by atoms with Crippen LogP contribution in [0.25, 0.3) is 11.0 Å². The first-order valence-corrected chi connectivity index (χ1v) is 5.18. The lowest BCUT2D eigenvalue weighted by atomic mass is 10.3. The molecule has 2 heterocycles. The number of nitrogens with one attached hydrogen (secondary N) is 1. The fraction of sp³-hybridized carbons (Fsp3) is 0.364. The molecular formula is C11H14N3+. The first-order valence-electron chi connectivity index (χ1n) is 5.18. The zero-order chi connectivity index (χ0) is 9.38. The summed E-state index contributed by atoms with van der Waals surface area (Å²) in [6.07, 6.45) is 4.68. The molecule has 0 aliphatic carbocycles. The number of fused-ring (bicyclic) bond motifs is 1. The SMILES string of the molecule is c1ccc2c(c1)[nH]c[n+]2N1CCCC1. The smallest absolute Gasteiger partial charge is 0.243 e. The molecule has 0 amide bonds. The fourth-order valence-electron chi connectivity index (χ4n) is 2.15. The maximum absolute atomic E-state index is 3.29. The third kappa shape index (κ3) is 1.09. The molecule has 0 bridgehead atoms. The summed E-state index contributed by atoms with van der Waals surface area (Å²) in [7, 11) is 0. The van der Waals surface area contributed by atoms with Gasteiger partial charge in [0.2, 0.25) is 0 Å². The molecule has 1 N–H and O–H groups in total. The number of aromatic nitrogens is 2. The molecule has 72 valence electrons. The van der Waals surface area contributed by atoms with E-state index in [2.05, 4.69) is 45.3 Å². The van der Waals surface area contributed by atoms with E-state index in [0.29, 0.717) is 0 Å². The predicted molar refractivity (Wildman–Crippen MR) is 55.7 cm³/mol. The molecule has 1 saturated heterocycles. The predicted octanol–water partition coefficient (Wildman–Crippen LogP) is 1.19. The van der Waals surface area contributed by atoms with Crippen LogP contribution in [0.15, 0.2) is 30.6 Å². The van der Waals surface area contributed by atoms with Gasteiger partial charge >= 0.3 is 0 Å². The van der Waals surface area contributed by atoms with E-state index in [1.807, 2.05) is 0 Å². The Balaban J connectivity index is 2.11. The van der Waals surface area contributed by atoms with Crippen LogP contribution in [0, 0.1) is 0 Å². The Bertz CT molecular complexity index is 440. The average Bonchev–Trinajstić information content (AvgIpc) is 2.85. The van der Waals surface area contributed by atoms with Crippen molar-refractivity contribution in [3.63, 3.8) is 0 Å². The number of rotatable bonds is 1. The van der Waals surface area contributed by atoms with Gasteiger partial charge in [-0.05, 0) is 25.0 Å². The Morgan fingerprint density at radius 3 is 2.79 bits per heavy atom. The Morgan fingerprint density at radius 1 is 1.14 bits per heavy atom. The molecule has 3 heteroatoms. The van der Waals surface area contributed by atoms with E-state index in [0.717, 1.165) is 0 Å². The monoisotopic (exact) mass is 188 g/mol. The van der Waals surface area contributed by atoms with Crippen LogP contribution in [-0.4, -0.2) is 18.1 Å². The second-order valence-corrected chi connectivity index (χ2v) is 3.80. The molecule has 0 atom stereocenters. The number of H-pyrrole nitrogens is 1. The third-order valence-corrected chi connectivity index (χ3v) is 2.88. The Morgan fingerprint density at radius 2 is 1.93 bits per heavy atom. The first kappa shape index (κ1) is 7.85. The van der Waals surface area contributed by atoms with Gasteiger partial charge < -0.3 is 0 Å². The molecule has 0 spiro atoms. The second kappa shape index (κ2) is 3.01. The van der Waals surface area contributed by atoms with E-state index >= 15 is 0 Å². The number of imidazole rings is 1. The van der Waals surface area contributed by atoms with Crippen molar-refractivity contribution in [2.24, 2.45) is 0 Å². The number of aromatic amines is 1. The highest BCUT2D eigenvalue weighted by molar-refractivity contribution is 5.70. The molecule has 1 aliphatic rings. The summed E-state index contributed by atoms with van der Waals surface area (Å²) in [4.78, 5) is 3.29. The lowest BCUT2D eigenvalue weighted by Crippen LogP contribution is -2.55. The molecule has 0 saturated carbocycles. The molecule has 3 nitrogen and oxygen atoms in total. The average molecular weight is 188 g/mol. The van der Waals surface area contributed by atoms with Crippen molar-refractivity contribution in [2.45, 2.75) is 12.8 Å². The standard InChI is InChI=1S/C11H13N3/c1-2-6-11-10(5-1)12-9-14(11)13-7-3-4-8-13/h1-2,5-6,9H,3-4,7-8H2/p+1. The van der Waals surface area contributed by atoms with Crippen molar-refractivity contribution in [3.8, 4) is 0 Å². The summed E-state index contributed by atoms with van der Waals surface area (Å²) >= 11 is 0. The Labute approximate surface area is 82.9 Å². The van der Waals surface area contributed by atoms with E-state index in [-0.39, 0.29) is 0 Å². The molecule has 0 radical (unpaired) electrons. The largest absolute Gasteiger partial charge is 0.266 e. The van der Waals surface area contributed by atoms with Gasteiger partial charge in [-0.15, -0.1) is 4.68 Å². The first-order chi connectivity index (χ1) is 6.95. The van der Waals surface area contributed by atoms with Gasteiger partial charge in [0.1, 0.15) is 0 Å². The van der Waals surface area contributed by atoms with Gasteiger partial charge in [-0.1, -0.05) is 12.1 Å². The molecule has 1 aromatic carbocycles. The van der Waals surface area contributed by atoms with Crippen molar-refractivity contribution in [1.29, 1.82) is 0 Å². The van der Waals surface area contributed by atoms with Crippen molar-refractivity contribution in [2.75, 3.05) is 18.1 Å². The fourth-order valence-corrected chi connectivity index (χ4v) is 2.15. The highest BCUT2D eigenvalue weighted by atomic mass is 15.6. The summed E-state index contributed by atoms with van der Waals surface area (Å²) in [6, 6.07) is 8.42.